The van der Waals surface area contributed by atoms with Gasteiger partial charge in [0.15, 0.2) is 5.82 Å². The fourth-order valence-corrected chi connectivity index (χ4v) is 3.86. The van der Waals surface area contributed by atoms with E-state index >= 15 is 0 Å². The maximum Gasteiger partial charge on any atom is 0.417 e. The Labute approximate surface area is 174 Å². The number of aromatic carboxylic acids is 1. The zero-order chi connectivity index (χ0) is 22.3. The number of ketones is 1. The average Bonchev–Trinajstić information content (AvgIpc) is 3.12. The first-order valence-electron chi connectivity index (χ1n) is 9.55. The largest absolute Gasteiger partial charge is 0.507 e. The van der Waals surface area contributed by atoms with Crippen LogP contribution in [-0.4, -0.2) is 31.5 Å². The van der Waals surface area contributed by atoms with Gasteiger partial charge in [-0.2, -0.15) is 13.2 Å². The molecule has 1 aliphatic rings. The molecule has 0 radical (unpaired) electrons. The molecule has 4 rings (SSSR count). The van der Waals surface area contributed by atoms with Gasteiger partial charge in [0.2, 0.25) is 5.78 Å². The SMILES string of the molecule is O=C(O)c1ccc(-c2nc(C(=O)c3ccccc3C(F)(F)F)n3c2CCCC3)cc1O. The van der Waals surface area contributed by atoms with Crippen LogP contribution in [0.4, 0.5) is 13.2 Å². The lowest BCUT2D eigenvalue weighted by atomic mass is 10.0. The van der Waals surface area contributed by atoms with E-state index in [1.54, 1.807) is 4.57 Å². The molecule has 1 aliphatic heterocycles. The third kappa shape index (κ3) is 3.67. The molecular weight excluding hydrogens is 413 g/mol. The monoisotopic (exact) mass is 430 g/mol. The van der Waals surface area contributed by atoms with Crippen LogP contribution < -0.4 is 0 Å². The Morgan fingerprint density at radius 3 is 2.45 bits per heavy atom. The van der Waals surface area contributed by atoms with E-state index in [1.807, 2.05) is 0 Å². The number of aromatic hydroxyl groups is 1. The lowest BCUT2D eigenvalue weighted by molar-refractivity contribution is -0.137. The highest BCUT2D eigenvalue weighted by Gasteiger charge is 2.36. The Hall–Kier alpha value is -3.62. The van der Waals surface area contributed by atoms with E-state index in [1.165, 1.54) is 30.3 Å². The molecular formula is C22H17F3N2O4. The summed E-state index contributed by atoms with van der Waals surface area (Å²) in [6, 6.07) is 8.49. The van der Waals surface area contributed by atoms with Crippen LogP contribution in [0.1, 0.15) is 50.6 Å². The molecule has 2 aromatic carbocycles. The van der Waals surface area contributed by atoms with Crippen molar-refractivity contribution in [1.29, 1.82) is 0 Å². The van der Waals surface area contributed by atoms with Crippen LogP contribution in [-0.2, 0) is 19.1 Å². The molecule has 1 aromatic heterocycles. The topological polar surface area (TPSA) is 92.4 Å². The first-order chi connectivity index (χ1) is 14.7. The molecule has 9 heteroatoms. The summed E-state index contributed by atoms with van der Waals surface area (Å²) in [7, 11) is 0. The minimum absolute atomic E-state index is 0.108. The van der Waals surface area contributed by atoms with E-state index in [-0.39, 0.29) is 11.4 Å². The Kier molecular flexibility index (Phi) is 5.04. The number of benzene rings is 2. The van der Waals surface area contributed by atoms with Gasteiger partial charge in [-0.3, -0.25) is 4.79 Å². The highest BCUT2D eigenvalue weighted by molar-refractivity contribution is 6.08. The number of hydrogen-bond acceptors (Lipinski definition) is 4. The Morgan fingerprint density at radius 2 is 1.77 bits per heavy atom. The molecule has 0 spiro atoms. The molecule has 0 saturated heterocycles. The summed E-state index contributed by atoms with van der Waals surface area (Å²) in [5.74, 6) is -2.70. The average molecular weight is 430 g/mol. The minimum Gasteiger partial charge on any atom is -0.507 e. The van der Waals surface area contributed by atoms with E-state index in [9.17, 15) is 27.9 Å². The number of carboxylic acid groups (broad SMARTS) is 1. The number of carbonyl (C=O) groups excluding carboxylic acids is 1. The zero-order valence-corrected chi connectivity index (χ0v) is 16.1. The number of aromatic nitrogens is 2. The molecule has 0 atom stereocenters. The summed E-state index contributed by atoms with van der Waals surface area (Å²) in [6.07, 6.45) is -2.58. The van der Waals surface area contributed by atoms with E-state index in [0.717, 1.165) is 25.0 Å². The van der Waals surface area contributed by atoms with Crippen molar-refractivity contribution < 1.29 is 33.0 Å². The van der Waals surface area contributed by atoms with Gasteiger partial charge >= 0.3 is 12.1 Å². The molecule has 2 heterocycles. The molecule has 0 amide bonds. The quantitative estimate of drug-likeness (QED) is 0.593. The molecule has 0 bridgehead atoms. The van der Waals surface area contributed by atoms with Crippen LogP contribution in [0.5, 0.6) is 5.75 Å². The number of imidazole rings is 1. The smallest absolute Gasteiger partial charge is 0.417 e. The first kappa shape index (κ1) is 20.6. The number of rotatable bonds is 4. The van der Waals surface area contributed by atoms with Crippen LogP contribution in [0.25, 0.3) is 11.3 Å². The van der Waals surface area contributed by atoms with Crippen LogP contribution in [0.3, 0.4) is 0 Å². The number of halogens is 3. The van der Waals surface area contributed by atoms with E-state index in [2.05, 4.69) is 4.98 Å². The third-order valence-electron chi connectivity index (χ3n) is 5.30. The second-order valence-electron chi connectivity index (χ2n) is 7.25. The van der Waals surface area contributed by atoms with Crippen LogP contribution in [0.2, 0.25) is 0 Å². The van der Waals surface area contributed by atoms with Crippen molar-refractivity contribution in [3.8, 4) is 17.0 Å². The fraction of sp³-hybridized carbons (Fsp3) is 0.227. The molecule has 160 valence electrons. The van der Waals surface area contributed by atoms with Crippen LogP contribution in [0.15, 0.2) is 42.5 Å². The minimum atomic E-state index is -4.69. The molecule has 2 N–H and O–H groups in total. The molecule has 3 aromatic rings. The molecule has 31 heavy (non-hydrogen) atoms. The molecule has 6 nitrogen and oxygen atoms in total. The van der Waals surface area contributed by atoms with Crippen molar-refractivity contribution in [2.24, 2.45) is 0 Å². The predicted molar refractivity (Wildman–Crippen MR) is 104 cm³/mol. The van der Waals surface area contributed by atoms with E-state index in [4.69, 9.17) is 5.11 Å². The molecule has 0 fully saturated rings. The van der Waals surface area contributed by atoms with Gasteiger partial charge in [0.05, 0.1) is 11.3 Å². The van der Waals surface area contributed by atoms with Gasteiger partial charge in [0, 0.05) is 23.4 Å². The third-order valence-corrected chi connectivity index (χ3v) is 5.30. The first-order valence-corrected chi connectivity index (χ1v) is 9.55. The number of fused-ring (bicyclic) bond motifs is 1. The van der Waals surface area contributed by atoms with Gasteiger partial charge < -0.3 is 14.8 Å². The maximum atomic E-state index is 13.4. The van der Waals surface area contributed by atoms with Crippen molar-refractivity contribution in [3.05, 3.63) is 70.7 Å². The van der Waals surface area contributed by atoms with Crippen molar-refractivity contribution in [2.45, 2.75) is 32.0 Å². The van der Waals surface area contributed by atoms with E-state index in [0.29, 0.717) is 29.9 Å². The molecule has 0 saturated carbocycles. The van der Waals surface area contributed by atoms with Crippen molar-refractivity contribution in [3.63, 3.8) is 0 Å². The molecule has 0 unspecified atom stereocenters. The van der Waals surface area contributed by atoms with Crippen molar-refractivity contribution in [1.82, 2.24) is 9.55 Å². The standard InChI is InChI=1S/C22H17F3N2O4/c23-22(24,25)15-6-2-1-5-13(15)19(29)20-26-18(16-7-3-4-10-27(16)20)12-8-9-14(21(30)31)17(28)11-12/h1-2,5-6,8-9,11,28H,3-4,7,10H2,(H,30,31). The number of carboxylic acids is 1. The lowest BCUT2D eigenvalue weighted by Gasteiger charge is -2.18. The summed E-state index contributed by atoms with van der Waals surface area (Å²) in [4.78, 5) is 28.6. The van der Waals surface area contributed by atoms with Gasteiger partial charge in [-0.05, 0) is 37.5 Å². The predicted octanol–water partition coefficient (Wildman–Crippen LogP) is 4.54. The Bertz CT molecular complexity index is 1200. The van der Waals surface area contributed by atoms with Gasteiger partial charge in [-0.1, -0.05) is 24.3 Å². The van der Waals surface area contributed by atoms with Crippen molar-refractivity contribution >= 4 is 11.8 Å². The second kappa shape index (κ2) is 7.57. The van der Waals surface area contributed by atoms with Crippen molar-refractivity contribution in [2.75, 3.05) is 0 Å². The molecule has 0 aliphatic carbocycles. The van der Waals surface area contributed by atoms with E-state index < -0.39 is 34.8 Å². The number of carbonyl (C=O) groups is 2. The Morgan fingerprint density at radius 1 is 1.03 bits per heavy atom. The highest BCUT2D eigenvalue weighted by Crippen LogP contribution is 2.35. The normalized spacial score (nSPS) is 13.6. The van der Waals surface area contributed by atoms with Gasteiger partial charge in [-0.25, -0.2) is 9.78 Å². The highest BCUT2D eigenvalue weighted by atomic mass is 19.4. The Balaban J connectivity index is 1.85. The zero-order valence-electron chi connectivity index (χ0n) is 16.1. The maximum absolute atomic E-state index is 13.4. The summed E-state index contributed by atoms with van der Waals surface area (Å²) in [5.41, 5.74) is -0.396. The second-order valence-corrected chi connectivity index (χ2v) is 7.25. The fourth-order valence-electron chi connectivity index (χ4n) is 3.86. The summed E-state index contributed by atoms with van der Waals surface area (Å²) >= 11 is 0. The number of nitrogens with zero attached hydrogens (tertiary/aromatic N) is 2. The summed E-state index contributed by atoms with van der Waals surface area (Å²) in [6.45, 7) is 0.427. The lowest BCUT2D eigenvalue weighted by Crippen LogP contribution is -2.19. The summed E-state index contributed by atoms with van der Waals surface area (Å²) in [5, 5.41) is 19.1. The number of alkyl halides is 3. The number of phenols is 1. The number of hydrogen-bond donors (Lipinski definition) is 2. The summed E-state index contributed by atoms with van der Waals surface area (Å²) < 4.78 is 41.9. The van der Waals surface area contributed by atoms with Gasteiger partial charge in [-0.15, -0.1) is 0 Å². The van der Waals surface area contributed by atoms with Gasteiger partial charge in [0.25, 0.3) is 0 Å². The van der Waals surface area contributed by atoms with Crippen LogP contribution >= 0.6 is 0 Å². The van der Waals surface area contributed by atoms with Crippen LogP contribution in [0, 0.1) is 0 Å². The van der Waals surface area contributed by atoms with Gasteiger partial charge in [0.1, 0.15) is 11.3 Å².